The maximum absolute atomic E-state index is 12.6. The van der Waals surface area contributed by atoms with Crippen molar-refractivity contribution in [1.82, 2.24) is 10.2 Å². The fraction of sp³-hybridized carbons (Fsp3) is 0.154. The van der Waals surface area contributed by atoms with E-state index in [1.807, 2.05) is 0 Å². The molecule has 22 heavy (non-hydrogen) atoms. The lowest BCUT2D eigenvalue weighted by Crippen LogP contribution is -2.07. The Balaban J connectivity index is 2.13. The first kappa shape index (κ1) is 16.4. The van der Waals surface area contributed by atoms with E-state index >= 15 is 0 Å². The molecule has 0 aliphatic rings. The second kappa shape index (κ2) is 6.45. The highest BCUT2D eigenvalue weighted by atomic mass is 35.5. The highest BCUT2D eigenvalue weighted by Crippen LogP contribution is 2.32. The molecule has 0 fully saturated rings. The van der Waals surface area contributed by atoms with Gasteiger partial charge in [-0.1, -0.05) is 22.9 Å². The standard InChI is InChI=1S/C13H9ClF3N3OS/c1-7-19-20-12(22-7)18-11(21)5-2-8-6-9(13(15,16)17)3-4-10(8)14/h2-6H,1H3,(H,18,20,21)/b5-2+. The van der Waals surface area contributed by atoms with Crippen molar-refractivity contribution >= 4 is 40.1 Å². The molecule has 0 atom stereocenters. The molecule has 0 aliphatic carbocycles. The minimum atomic E-state index is -4.47. The van der Waals surface area contributed by atoms with Crippen molar-refractivity contribution in [2.75, 3.05) is 5.32 Å². The molecule has 0 radical (unpaired) electrons. The summed E-state index contributed by atoms with van der Waals surface area (Å²) in [5, 5.41) is 11.0. The Labute approximate surface area is 132 Å². The van der Waals surface area contributed by atoms with Gasteiger partial charge in [-0.2, -0.15) is 13.2 Å². The maximum atomic E-state index is 12.6. The third-order valence-electron chi connectivity index (χ3n) is 2.49. The molecule has 0 spiro atoms. The van der Waals surface area contributed by atoms with Gasteiger partial charge in [0.1, 0.15) is 5.01 Å². The summed E-state index contributed by atoms with van der Waals surface area (Å²) in [4.78, 5) is 11.7. The Kier molecular flexibility index (Phi) is 4.82. The number of halogens is 4. The van der Waals surface area contributed by atoms with Crippen molar-refractivity contribution in [2.24, 2.45) is 0 Å². The zero-order valence-electron chi connectivity index (χ0n) is 11.1. The first-order chi connectivity index (χ1) is 10.3. The third-order valence-corrected chi connectivity index (χ3v) is 3.59. The number of aromatic nitrogens is 2. The van der Waals surface area contributed by atoms with Crippen LogP contribution in [0.1, 0.15) is 16.1 Å². The van der Waals surface area contributed by atoms with Crippen molar-refractivity contribution in [3.63, 3.8) is 0 Å². The molecule has 9 heteroatoms. The molecule has 1 heterocycles. The van der Waals surface area contributed by atoms with Crippen molar-refractivity contribution in [1.29, 1.82) is 0 Å². The van der Waals surface area contributed by atoms with E-state index in [2.05, 4.69) is 15.5 Å². The molecule has 2 rings (SSSR count). The number of hydrogen-bond donors (Lipinski definition) is 1. The Morgan fingerprint density at radius 1 is 1.36 bits per heavy atom. The lowest BCUT2D eigenvalue weighted by Gasteiger charge is -2.08. The topological polar surface area (TPSA) is 54.9 Å². The quantitative estimate of drug-likeness (QED) is 0.848. The fourth-order valence-electron chi connectivity index (χ4n) is 1.51. The van der Waals surface area contributed by atoms with Crippen LogP contribution in [0.15, 0.2) is 24.3 Å². The van der Waals surface area contributed by atoms with Gasteiger partial charge in [0.25, 0.3) is 0 Å². The SMILES string of the molecule is Cc1nnc(NC(=O)/C=C/c2cc(C(F)(F)F)ccc2Cl)s1. The minimum Gasteiger partial charge on any atom is -0.297 e. The third kappa shape index (κ3) is 4.28. The molecule has 1 aromatic carbocycles. The van der Waals surface area contributed by atoms with E-state index in [1.165, 1.54) is 17.4 Å². The summed E-state index contributed by atoms with van der Waals surface area (Å²) < 4.78 is 37.9. The van der Waals surface area contributed by atoms with Crippen LogP contribution in [0.2, 0.25) is 5.02 Å². The number of aryl methyl sites for hydroxylation is 1. The van der Waals surface area contributed by atoms with Crippen molar-refractivity contribution in [3.05, 3.63) is 45.4 Å². The number of hydrogen-bond acceptors (Lipinski definition) is 4. The Morgan fingerprint density at radius 2 is 2.09 bits per heavy atom. The van der Waals surface area contributed by atoms with Crippen LogP contribution >= 0.6 is 22.9 Å². The van der Waals surface area contributed by atoms with Crippen molar-refractivity contribution in [3.8, 4) is 0 Å². The van der Waals surface area contributed by atoms with E-state index in [-0.39, 0.29) is 10.6 Å². The molecule has 0 aliphatic heterocycles. The zero-order valence-corrected chi connectivity index (χ0v) is 12.7. The molecule has 1 amide bonds. The van der Waals surface area contributed by atoms with Gasteiger partial charge in [0.05, 0.1) is 5.56 Å². The molecule has 0 bridgehead atoms. The lowest BCUT2D eigenvalue weighted by atomic mass is 10.1. The molecule has 2 aromatic rings. The number of benzene rings is 1. The van der Waals surface area contributed by atoms with Gasteiger partial charge < -0.3 is 0 Å². The highest BCUT2D eigenvalue weighted by Gasteiger charge is 2.30. The van der Waals surface area contributed by atoms with Crippen LogP contribution in [0.5, 0.6) is 0 Å². The van der Waals surface area contributed by atoms with Gasteiger partial charge in [-0.3, -0.25) is 10.1 Å². The van der Waals surface area contributed by atoms with Crippen molar-refractivity contribution < 1.29 is 18.0 Å². The number of amides is 1. The predicted octanol–water partition coefficient (Wildman–Crippen LogP) is 4.17. The molecule has 1 aromatic heterocycles. The second-order valence-electron chi connectivity index (χ2n) is 4.18. The first-order valence-corrected chi connectivity index (χ1v) is 7.11. The van der Waals surface area contributed by atoms with Gasteiger partial charge in [0.2, 0.25) is 11.0 Å². The minimum absolute atomic E-state index is 0.0973. The number of carbonyl (C=O) groups excluding carboxylic acids is 1. The first-order valence-electron chi connectivity index (χ1n) is 5.91. The predicted molar refractivity (Wildman–Crippen MR) is 78.8 cm³/mol. The summed E-state index contributed by atoms with van der Waals surface area (Å²) in [7, 11) is 0. The Hall–Kier alpha value is -1.93. The fourth-order valence-corrected chi connectivity index (χ4v) is 2.28. The van der Waals surface area contributed by atoms with Gasteiger partial charge in [0, 0.05) is 11.1 Å². The van der Waals surface area contributed by atoms with Crippen LogP contribution in [0, 0.1) is 6.92 Å². The number of alkyl halides is 3. The van der Waals surface area contributed by atoms with Crippen molar-refractivity contribution in [2.45, 2.75) is 13.1 Å². The van der Waals surface area contributed by atoms with Gasteiger partial charge >= 0.3 is 6.18 Å². The molecule has 4 nitrogen and oxygen atoms in total. The van der Waals surface area contributed by atoms with Crippen LogP contribution in [0.4, 0.5) is 18.3 Å². The summed E-state index contributed by atoms with van der Waals surface area (Å²) in [6.45, 7) is 1.73. The molecule has 1 N–H and O–H groups in total. The number of nitrogens with one attached hydrogen (secondary N) is 1. The van der Waals surface area contributed by atoms with Gasteiger partial charge in [-0.25, -0.2) is 0 Å². The maximum Gasteiger partial charge on any atom is 0.416 e. The van der Waals surface area contributed by atoms with Gasteiger partial charge in [0.15, 0.2) is 0 Å². The van der Waals surface area contributed by atoms with Crippen LogP contribution in [0.3, 0.4) is 0 Å². The van der Waals surface area contributed by atoms with E-state index in [1.54, 1.807) is 6.92 Å². The van der Waals surface area contributed by atoms with Gasteiger partial charge in [-0.15, -0.1) is 10.2 Å². The number of rotatable bonds is 3. The van der Waals surface area contributed by atoms with E-state index in [0.29, 0.717) is 10.1 Å². The van der Waals surface area contributed by atoms with E-state index in [4.69, 9.17) is 11.6 Å². The average Bonchev–Trinajstić information content (AvgIpc) is 2.81. The zero-order chi connectivity index (χ0) is 16.3. The number of nitrogens with zero attached hydrogens (tertiary/aromatic N) is 2. The highest BCUT2D eigenvalue weighted by molar-refractivity contribution is 7.15. The summed E-state index contributed by atoms with van der Waals surface area (Å²) in [5.41, 5.74) is -0.739. The second-order valence-corrected chi connectivity index (χ2v) is 5.77. The molecule has 116 valence electrons. The monoisotopic (exact) mass is 347 g/mol. The summed E-state index contributed by atoms with van der Waals surface area (Å²) in [6.07, 6.45) is -2.18. The van der Waals surface area contributed by atoms with Crippen LogP contribution in [-0.4, -0.2) is 16.1 Å². The van der Waals surface area contributed by atoms with E-state index in [9.17, 15) is 18.0 Å². The molecular weight excluding hydrogens is 339 g/mol. The average molecular weight is 348 g/mol. The molecule has 0 saturated heterocycles. The summed E-state index contributed by atoms with van der Waals surface area (Å²) in [5.74, 6) is -0.537. The van der Waals surface area contributed by atoms with Crippen LogP contribution < -0.4 is 5.32 Å². The summed E-state index contributed by atoms with van der Waals surface area (Å²) in [6, 6.07) is 2.89. The largest absolute Gasteiger partial charge is 0.416 e. The Morgan fingerprint density at radius 3 is 2.68 bits per heavy atom. The molecular formula is C13H9ClF3N3OS. The number of anilines is 1. The molecule has 0 saturated carbocycles. The van der Waals surface area contributed by atoms with E-state index in [0.717, 1.165) is 24.3 Å². The van der Waals surface area contributed by atoms with E-state index < -0.39 is 17.6 Å². The lowest BCUT2D eigenvalue weighted by molar-refractivity contribution is -0.137. The van der Waals surface area contributed by atoms with Gasteiger partial charge in [-0.05, 0) is 36.8 Å². The Bertz CT molecular complexity index is 728. The number of carbonyl (C=O) groups is 1. The summed E-state index contributed by atoms with van der Waals surface area (Å²) >= 11 is 7.01. The molecule has 0 unspecified atom stereocenters. The normalized spacial score (nSPS) is 11.9. The van der Waals surface area contributed by atoms with Crippen LogP contribution in [-0.2, 0) is 11.0 Å². The smallest absolute Gasteiger partial charge is 0.297 e. The van der Waals surface area contributed by atoms with Crippen LogP contribution in [0.25, 0.3) is 6.08 Å².